The highest BCUT2D eigenvalue weighted by molar-refractivity contribution is 5.80. The van der Waals surface area contributed by atoms with Gasteiger partial charge in [-0.2, -0.15) is 0 Å². The Hall–Kier alpha value is -3.55. The monoisotopic (exact) mass is 411 g/mol. The van der Waals surface area contributed by atoms with Gasteiger partial charge in [-0.1, -0.05) is 29.8 Å². The topological polar surface area (TPSA) is 94.3 Å². The van der Waals surface area contributed by atoms with E-state index in [2.05, 4.69) is 15.5 Å². The first-order valence-electron chi connectivity index (χ1n) is 9.56. The summed E-state index contributed by atoms with van der Waals surface area (Å²) in [6.45, 7) is 1.99. The van der Waals surface area contributed by atoms with Crippen LogP contribution in [0.25, 0.3) is 11.5 Å². The summed E-state index contributed by atoms with van der Waals surface area (Å²) in [5.74, 6) is -0.518. The minimum absolute atomic E-state index is 0.0262. The van der Waals surface area contributed by atoms with Gasteiger partial charge in [0.05, 0.1) is 6.42 Å². The van der Waals surface area contributed by atoms with Gasteiger partial charge in [0.25, 0.3) is 5.91 Å². The Morgan fingerprint density at radius 3 is 2.50 bits per heavy atom. The molecule has 0 aliphatic carbocycles. The normalized spacial score (nSPS) is 10.6. The van der Waals surface area contributed by atoms with Crippen molar-refractivity contribution in [2.45, 2.75) is 26.2 Å². The quantitative estimate of drug-likeness (QED) is 0.544. The van der Waals surface area contributed by atoms with Gasteiger partial charge in [0.2, 0.25) is 11.8 Å². The van der Waals surface area contributed by atoms with Gasteiger partial charge in [0.15, 0.2) is 6.61 Å². The predicted octanol–water partition coefficient (Wildman–Crippen LogP) is 3.02. The molecule has 0 spiro atoms. The van der Waals surface area contributed by atoms with Crippen LogP contribution in [0, 0.1) is 12.7 Å². The molecule has 3 aromatic rings. The van der Waals surface area contributed by atoms with Crippen LogP contribution in [0.4, 0.5) is 4.39 Å². The Morgan fingerprint density at radius 2 is 1.77 bits per heavy atom. The Balaban J connectivity index is 1.34. The summed E-state index contributed by atoms with van der Waals surface area (Å²) in [6, 6.07) is 13.7. The fraction of sp³-hybridized carbons (Fsp3) is 0.273. The van der Waals surface area contributed by atoms with Crippen molar-refractivity contribution in [3.05, 3.63) is 71.4 Å². The highest BCUT2D eigenvalue weighted by Crippen LogP contribution is 2.18. The largest absolute Gasteiger partial charge is 0.456 e. The van der Waals surface area contributed by atoms with E-state index in [9.17, 15) is 14.0 Å². The highest BCUT2D eigenvalue weighted by atomic mass is 19.1. The van der Waals surface area contributed by atoms with Crippen molar-refractivity contribution in [2.75, 3.05) is 13.2 Å². The molecule has 0 saturated carbocycles. The highest BCUT2D eigenvalue weighted by Gasteiger charge is 2.12. The number of carbonyl (C=O) groups is 2. The van der Waals surface area contributed by atoms with Crippen molar-refractivity contribution >= 4 is 11.9 Å². The molecule has 0 radical (unpaired) electrons. The number of nitrogens with zero attached hydrogens (tertiary/aromatic N) is 2. The Morgan fingerprint density at radius 1 is 1.03 bits per heavy atom. The van der Waals surface area contributed by atoms with Crippen LogP contribution in [-0.4, -0.2) is 35.2 Å². The molecule has 0 aliphatic rings. The number of carbonyl (C=O) groups excluding carboxylic acids is 2. The molecule has 0 saturated heterocycles. The Bertz CT molecular complexity index is 984. The molecule has 156 valence electrons. The molecular weight excluding hydrogens is 389 g/mol. The first-order valence-corrected chi connectivity index (χ1v) is 9.56. The van der Waals surface area contributed by atoms with Crippen molar-refractivity contribution in [3.63, 3.8) is 0 Å². The van der Waals surface area contributed by atoms with Gasteiger partial charge < -0.3 is 14.5 Å². The predicted molar refractivity (Wildman–Crippen MR) is 107 cm³/mol. The van der Waals surface area contributed by atoms with Crippen LogP contribution in [0.3, 0.4) is 0 Å². The van der Waals surface area contributed by atoms with Gasteiger partial charge in [-0.3, -0.25) is 9.59 Å². The second kappa shape index (κ2) is 10.3. The molecule has 30 heavy (non-hydrogen) atoms. The molecule has 0 unspecified atom stereocenters. The first-order chi connectivity index (χ1) is 14.5. The number of halogens is 1. The van der Waals surface area contributed by atoms with E-state index in [1.807, 2.05) is 31.2 Å². The van der Waals surface area contributed by atoms with Gasteiger partial charge in [-0.25, -0.2) is 4.39 Å². The second-order valence-electron chi connectivity index (χ2n) is 6.75. The second-order valence-corrected chi connectivity index (χ2v) is 6.75. The molecule has 7 nitrogen and oxygen atoms in total. The van der Waals surface area contributed by atoms with Gasteiger partial charge in [-0.05, 0) is 43.2 Å². The lowest BCUT2D eigenvalue weighted by Gasteiger charge is -2.06. The van der Waals surface area contributed by atoms with Crippen molar-refractivity contribution in [2.24, 2.45) is 0 Å². The fourth-order valence-electron chi connectivity index (χ4n) is 2.64. The summed E-state index contributed by atoms with van der Waals surface area (Å²) in [5, 5.41) is 10.6. The maximum absolute atomic E-state index is 12.8. The molecule has 1 amide bonds. The third-order valence-corrected chi connectivity index (χ3v) is 4.32. The van der Waals surface area contributed by atoms with Gasteiger partial charge in [0.1, 0.15) is 5.82 Å². The number of hydrogen-bond donors (Lipinski definition) is 1. The molecule has 1 aromatic heterocycles. The third kappa shape index (κ3) is 6.51. The summed E-state index contributed by atoms with van der Waals surface area (Å²) in [5.41, 5.74) is 2.83. The molecular formula is C22H22FN3O4. The minimum atomic E-state index is -0.529. The maximum atomic E-state index is 12.8. The van der Waals surface area contributed by atoms with E-state index < -0.39 is 11.9 Å². The van der Waals surface area contributed by atoms with Crippen LogP contribution < -0.4 is 5.32 Å². The van der Waals surface area contributed by atoms with E-state index in [4.69, 9.17) is 9.15 Å². The van der Waals surface area contributed by atoms with Crippen LogP contribution in [0.15, 0.2) is 52.9 Å². The number of ether oxygens (including phenoxy) is 1. The average molecular weight is 411 g/mol. The molecule has 1 N–H and O–H groups in total. The molecule has 0 atom stereocenters. The number of amides is 1. The number of benzene rings is 2. The van der Waals surface area contributed by atoms with Gasteiger partial charge >= 0.3 is 5.97 Å². The molecule has 8 heteroatoms. The van der Waals surface area contributed by atoms with Crippen LogP contribution in [-0.2, 0) is 27.2 Å². The van der Waals surface area contributed by atoms with Crippen molar-refractivity contribution in [3.8, 4) is 11.5 Å². The fourth-order valence-corrected chi connectivity index (χ4v) is 2.64. The summed E-state index contributed by atoms with van der Waals surface area (Å²) >= 11 is 0. The van der Waals surface area contributed by atoms with E-state index in [1.165, 1.54) is 12.1 Å². The molecule has 2 aromatic carbocycles. The van der Waals surface area contributed by atoms with Gasteiger partial charge in [0, 0.05) is 18.5 Å². The van der Waals surface area contributed by atoms with Crippen LogP contribution in [0.1, 0.15) is 23.4 Å². The summed E-state index contributed by atoms with van der Waals surface area (Å²) in [4.78, 5) is 23.6. The van der Waals surface area contributed by atoms with Crippen LogP contribution in [0.5, 0.6) is 0 Å². The van der Waals surface area contributed by atoms with Crippen LogP contribution in [0.2, 0.25) is 0 Å². The van der Waals surface area contributed by atoms with Crippen molar-refractivity contribution < 1.29 is 23.1 Å². The van der Waals surface area contributed by atoms with E-state index in [0.717, 1.165) is 16.7 Å². The number of aryl methyl sites for hydroxylation is 2. The summed E-state index contributed by atoms with van der Waals surface area (Å²) < 4.78 is 23.4. The lowest BCUT2D eigenvalue weighted by atomic mass is 10.1. The number of hydrogen-bond acceptors (Lipinski definition) is 6. The molecule has 0 aliphatic heterocycles. The molecule has 1 heterocycles. The van der Waals surface area contributed by atoms with E-state index in [-0.39, 0.29) is 25.3 Å². The molecule has 0 bridgehead atoms. The average Bonchev–Trinajstić information content (AvgIpc) is 3.22. The number of esters is 1. The van der Waals surface area contributed by atoms with E-state index in [1.54, 1.807) is 12.1 Å². The molecule has 3 rings (SSSR count). The lowest BCUT2D eigenvalue weighted by Crippen LogP contribution is -2.30. The third-order valence-electron chi connectivity index (χ3n) is 4.32. The summed E-state index contributed by atoms with van der Waals surface area (Å²) in [6.07, 6.45) is 0.808. The Kier molecular flexibility index (Phi) is 7.26. The zero-order valence-corrected chi connectivity index (χ0v) is 16.6. The number of aromatic nitrogens is 2. The zero-order valence-electron chi connectivity index (χ0n) is 16.6. The zero-order chi connectivity index (χ0) is 21.3. The Labute approximate surface area is 173 Å². The van der Waals surface area contributed by atoms with Crippen molar-refractivity contribution in [1.29, 1.82) is 0 Å². The maximum Gasteiger partial charge on any atom is 0.306 e. The number of nitrogens with one attached hydrogen (secondary N) is 1. The minimum Gasteiger partial charge on any atom is -0.456 e. The lowest BCUT2D eigenvalue weighted by molar-refractivity contribution is -0.148. The standard InChI is InChI=1S/C22H22FN3O4/c1-15-2-6-17(7-3-15)22-26-25-20(30-22)10-11-21(28)29-14-19(27)24-13-12-16-4-8-18(23)9-5-16/h2-9H,10-14H2,1H3,(H,24,27). The van der Waals surface area contributed by atoms with Crippen molar-refractivity contribution in [1.82, 2.24) is 15.5 Å². The van der Waals surface area contributed by atoms with E-state index >= 15 is 0 Å². The summed E-state index contributed by atoms with van der Waals surface area (Å²) in [7, 11) is 0. The molecule has 0 fully saturated rings. The van der Waals surface area contributed by atoms with Gasteiger partial charge in [-0.15, -0.1) is 10.2 Å². The van der Waals surface area contributed by atoms with Crippen LogP contribution >= 0.6 is 0 Å². The first kappa shape index (κ1) is 21.2. The SMILES string of the molecule is Cc1ccc(-c2nnc(CCC(=O)OCC(=O)NCCc3ccc(F)cc3)o2)cc1. The van der Waals surface area contributed by atoms with E-state index in [0.29, 0.717) is 24.7 Å². The number of rotatable bonds is 9. The smallest absolute Gasteiger partial charge is 0.306 e.